The topological polar surface area (TPSA) is 79.3 Å². The van der Waals surface area contributed by atoms with Crippen molar-refractivity contribution in [1.29, 1.82) is 0 Å². The fourth-order valence-electron chi connectivity index (χ4n) is 1.67. The summed E-state index contributed by atoms with van der Waals surface area (Å²) in [6.45, 7) is 1.78. The number of aromatic nitrogens is 1. The maximum absolute atomic E-state index is 12.3. The first-order chi connectivity index (χ1) is 9.44. The molecule has 108 valence electrons. The normalized spacial score (nSPS) is 11.8. The molecular weight excluding hydrogens is 364 g/mol. The van der Waals surface area contributed by atoms with Gasteiger partial charge < -0.3 is 5.11 Å². The average Bonchev–Trinajstić information content (AvgIpc) is 2.92. The Morgan fingerprint density at radius 3 is 2.80 bits per heavy atom. The van der Waals surface area contributed by atoms with Crippen LogP contribution in [0.3, 0.4) is 0 Å². The monoisotopic (exact) mass is 376 g/mol. The minimum Gasteiger partial charge on any atom is -0.392 e. The summed E-state index contributed by atoms with van der Waals surface area (Å²) in [5.74, 6) is 0. The van der Waals surface area contributed by atoms with Gasteiger partial charge in [0.15, 0.2) is 0 Å². The molecular formula is C12H13BrN2O3S2. The van der Waals surface area contributed by atoms with Crippen molar-refractivity contribution in [1.82, 2.24) is 9.71 Å². The summed E-state index contributed by atoms with van der Waals surface area (Å²) in [6, 6.07) is 3.21. The highest BCUT2D eigenvalue weighted by Crippen LogP contribution is 2.27. The number of halogens is 1. The predicted octanol–water partition coefficient (Wildman–Crippen LogP) is 2.18. The number of aliphatic hydroxyl groups excluding tert-OH is 1. The standard InChI is InChI=1S/C12H13BrN2O3S2/c1-8-2-9(6-16)3-11(12(8)13)20(17,18)15-5-10-4-14-7-19-10/h2-4,7,15-16H,5-6H2,1H3. The van der Waals surface area contributed by atoms with Crippen LogP contribution in [0, 0.1) is 6.92 Å². The van der Waals surface area contributed by atoms with E-state index in [1.807, 2.05) is 0 Å². The first-order valence-corrected chi connectivity index (χ1v) is 8.86. The molecule has 0 spiro atoms. The number of nitrogens with one attached hydrogen (secondary N) is 1. The third kappa shape index (κ3) is 3.44. The molecule has 8 heteroatoms. The third-order valence-corrected chi connectivity index (χ3v) is 6.19. The highest BCUT2D eigenvalue weighted by molar-refractivity contribution is 9.10. The Kier molecular flexibility index (Phi) is 4.92. The lowest BCUT2D eigenvalue weighted by Gasteiger charge is -2.11. The summed E-state index contributed by atoms with van der Waals surface area (Å²) < 4.78 is 27.7. The molecule has 2 aromatic rings. The lowest BCUT2D eigenvalue weighted by molar-refractivity contribution is 0.281. The maximum atomic E-state index is 12.3. The lowest BCUT2D eigenvalue weighted by Crippen LogP contribution is -2.23. The predicted molar refractivity (Wildman–Crippen MR) is 80.9 cm³/mol. The number of nitrogens with zero attached hydrogens (tertiary/aromatic N) is 1. The van der Waals surface area contributed by atoms with Crippen LogP contribution in [-0.4, -0.2) is 18.5 Å². The van der Waals surface area contributed by atoms with Gasteiger partial charge in [-0.1, -0.05) is 6.07 Å². The van der Waals surface area contributed by atoms with Gasteiger partial charge in [0, 0.05) is 22.1 Å². The Bertz CT molecular complexity index is 700. The number of sulfonamides is 1. The van der Waals surface area contributed by atoms with Crippen molar-refractivity contribution >= 4 is 37.3 Å². The van der Waals surface area contributed by atoms with Crippen LogP contribution in [0.1, 0.15) is 16.0 Å². The van der Waals surface area contributed by atoms with Gasteiger partial charge in [0.05, 0.1) is 17.0 Å². The largest absolute Gasteiger partial charge is 0.392 e. The number of hydrogen-bond acceptors (Lipinski definition) is 5. The second-order valence-electron chi connectivity index (χ2n) is 4.18. The van der Waals surface area contributed by atoms with Crippen LogP contribution in [0.5, 0.6) is 0 Å². The molecule has 1 aromatic carbocycles. The molecule has 0 fully saturated rings. The van der Waals surface area contributed by atoms with Gasteiger partial charge in [-0.2, -0.15) is 0 Å². The maximum Gasteiger partial charge on any atom is 0.242 e. The summed E-state index contributed by atoms with van der Waals surface area (Å²) in [4.78, 5) is 4.86. The minimum absolute atomic E-state index is 0.131. The van der Waals surface area contributed by atoms with Gasteiger partial charge in [-0.05, 0) is 40.0 Å². The molecule has 0 aliphatic carbocycles. The molecule has 0 radical (unpaired) electrons. The summed E-state index contributed by atoms with van der Waals surface area (Å²) in [5.41, 5.74) is 2.97. The van der Waals surface area contributed by atoms with E-state index in [1.54, 1.807) is 24.7 Å². The fourth-order valence-corrected chi connectivity index (χ4v) is 4.37. The molecule has 2 rings (SSSR count). The van der Waals surface area contributed by atoms with Crippen LogP contribution in [-0.2, 0) is 23.2 Å². The van der Waals surface area contributed by atoms with Crippen molar-refractivity contribution in [2.24, 2.45) is 0 Å². The van der Waals surface area contributed by atoms with E-state index in [1.165, 1.54) is 17.4 Å². The van der Waals surface area contributed by atoms with Gasteiger partial charge in [0.2, 0.25) is 10.0 Å². The Balaban J connectivity index is 2.31. The summed E-state index contributed by atoms with van der Waals surface area (Å²) in [5, 5.41) is 9.19. The van der Waals surface area contributed by atoms with Gasteiger partial charge >= 0.3 is 0 Å². The number of thiazole rings is 1. The molecule has 0 amide bonds. The van der Waals surface area contributed by atoms with E-state index in [4.69, 9.17) is 0 Å². The highest BCUT2D eigenvalue weighted by atomic mass is 79.9. The first-order valence-electron chi connectivity index (χ1n) is 5.71. The van der Waals surface area contributed by atoms with Crippen molar-refractivity contribution in [3.05, 3.63) is 44.3 Å². The van der Waals surface area contributed by atoms with Gasteiger partial charge in [-0.25, -0.2) is 13.1 Å². The number of aliphatic hydroxyl groups is 1. The first kappa shape index (κ1) is 15.6. The molecule has 1 aromatic heterocycles. The zero-order valence-electron chi connectivity index (χ0n) is 10.6. The van der Waals surface area contributed by atoms with Gasteiger partial charge in [-0.15, -0.1) is 11.3 Å². The molecule has 0 aliphatic rings. The Labute approximate surface area is 129 Å². The zero-order chi connectivity index (χ0) is 14.8. The quantitative estimate of drug-likeness (QED) is 0.837. The third-order valence-electron chi connectivity index (χ3n) is 2.67. The number of aryl methyl sites for hydroxylation is 1. The van der Waals surface area contributed by atoms with Crippen LogP contribution in [0.4, 0.5) is 0 Å². The number of rotatable bonds is 5. The van der Waals surface area contributed by atoms with Crippen molar-refractivity contribution in [2.45, 2.75) is 25.0 Å². The molecule has 20 heavy (non-hydrogen) atoms. The Morgan fingerprint density at radius 1 is 1.45 bits per heavy atom. The second kappa shape index (κ2) is 6.31. The number of hydrogen-bond donors (Lipinski definition) is 2. The van der Waals surface area contributed by atoms with Crippen LogP contribution in [0.15, 0.2) is 33.2 Å². The van der Waals surface area contributed by atoms with Gasteiger partial charge in [0.25, 0.3) is 0 Å². The van der Waals surface area contributed by atoms with Gasteiger partial charge in [0.1, 0.15) is 0 Å². The lowest BCUT2D eigenvalue weighted by atomic mass is 10.1. The highest BCUT2D eigenvalue weighted by Gasteiger charge is 2.19. The molecule has 0 aliphatic heterocycles. The van der Waals surface area contributed by atoms with Gasteiger partial charge in [-0.3, -0.25) is 4.98 Å². The number of benzene rings is 1. The van der Waals surface area contributed by atoms with Crippen molar-refractivity contribution in [3.63, 3.8) is 0 Å². The Morgan fingerprint density at radius 2 is 2.20 bits per heavy atom. The van der Waals surface area contributed by atoms with Crippen LogP contribution < -0.4 is 4.72 Å². The zero-order valence-corrected chi connectivity index (χ0v) is 13.8. The van der Waals surface area contributed by atoms with E-state index in [-0.39, 0.29) is 18.0 Å². The van der Waals surface area contributed by atoms with E-state index in [9.17, 15) is 13.5 Å². The molecule has 5 nitrogen and oxygen atoms in total. The molecule has 0 saturated heterocycles. The molecule has 0 saturated carbocycles. The SMILES string of the molecule is Cc1cc(CO)cc(S(=O)(=O)NCc2cncs2)c1Br. The fraction of sp³-hybridized carbons (Fsp3) is 0.250. The van der Waals surface area contributed by atoms with Crippen LogP contribution in [0.2, 0.25) is 0 Å². The Hall–Kier alpha value is -0.800. The van der Waals surface area contributed by atoms with Crippen molar-refractivity contribution < 1.29 is 13.5 Å². The van der Waals surface area contributed by atoms with Crippen LogP contribution in [0.25, 0.3) is 0 Å². The molecule has 0 unspecified atom stereocenters. The smallest absolute Gasteiger partial charge is 0.242 e. The van der Waals surface area contributed by atoms with E-state index in [0.29, 0.717) is 10.0 Å². The van der Waals surface area contributed by atoms with Crippen molar-refractivity contribution in [3.8, 4) is 0 Å². The molecule has 0 bridgehead atoms. The van der Waals surface area contributed by atoms with E-state index >= 15 is 0 Å². The molecule has 1 heterocycles. The van der Waals surface area contributed by atoms with Crippen molar-refractivity contribution in [2.75, 3.05) is 0 Å². The minimum atomic E-state index is -3.65. The second-order valence-corrected chi connectivity index (χ2v) is 7.67. The van der Waals surface area contributed by atoms with E-state index in [2.05, 4.69) is 25.6 Å². The summed E-state index contributed by atoms with van der Waals surface area (Å²) >= 11 is 4.67. The summed E-state index contributed by atoms with van der Waals surface area (Å²) in [6.07, 6.45) is 1.62. The van der Waals surface area contributed by atoms with E-state index in [0.717, 1.165) is 10.4 Å². The van der Waals surface area contributed by atoms with Crippen LogP contribution >= 0.6 is 27.3 Å². The average molecular weight is 377 g/mol. The molecule has 0 atom stereocenters. The van der Waals surface area contributed by atoms with E-state index < -0.39 is 10.0 Å². The summed E-state index contributed by atoms with van der Waals surface area (Å²) in [7, 11) is -3.65. The molecule has 2 N–H and O–H groups in total.